The van der Waals surface area contributed by atoms with Gasteiger partial charge in [-0.25, -0.2) is 9.52 Å². The fourth-order valence-electron chi connectivity index (χ4n) is 2.10. The van der Waals surface area contributed by atoms with Crippen LogP contribution in [-0.4, -0.2) is 49.4 Å². The highest BCUT2D eigenvalue weighted by atomic mass is 35.5. The third-order valence-corrected chi connectivity index (χ3v) is 4.93. The van der Waals surface area contributed by atoms with Gasteiger partial charge in [0.15, 0.2) is 16.8 Å². The molecule has 140 valence electrons. The zero-order valence-corrected chi connectivity index (χ0v) is 15.6. The average Bonchev–Trinajstić information content (AvgIpc) is 2.82. The van der Waals surface area contributed by atoms with Gasteiger partial charge in [0.05, 0.1) is 0 Å². The Hall–Kier alpha value is -2.01. The molecule has 2 rings (SSSR count). The summed E-state index contributed by atoms with van der Waals surface area (Å²) in [6.45, 7) is 4.26. The van der Waals surface area contributed by atoms with Crippen molar-refractivity contribution in [2.75, 3.05) is 13.2 Å². The summed E-state index contributed by atoms with van der Waals surface area (Å²) < 4.78 is 33.7. The van der Waals surface area contributed by atoms with Crippen molar-refractivity contribution in [2.24, 2.45) is 12.2 Å². The fraction of sp³-hybridized carbons (Fsp3) is 0.615. The number of sulfonamides is 1. The largest absolute Gasteiger partial charge is 0.468 e. The molecule has 1 aromatic heterocycles. The molecule has 0 aromatic carbocycles. The number of rotatable bonds is 6. The van der Waals surface area contributed by atoms with Gasteiger partial charge in [0.25, 0.3) is 15.9 Å². The number of aryl methyl sites for hydroxylation is 1. The summed E-state index contributed by atoms with van der Waals surface area (Å²) in [5, 5.41) is 9.56. The Morgan fingerprint density at radius 3 is 2.84 bits per heavy atom. The number of nitrogens with one attached hydrogen (secondary N) is 2. The van der Waals surface area contributed by atoms with Crippen molar-refractivity contribution in [3.05, 3.63) is 10.7 Å². The number of hydrogen-bond donors (Lipinski definition) is 2. The van der Waals surface area contributed by atoms with Crippen molar-refractivity contribution in [2.45, 2.75) is 37.8 Å². The van der Waals surface area contributed by atoms with Crippen LogP contribution < -0.4 is 10.0 Å². The maximum Gasteiger partial charge on any atom is 0.328 e. The number of nitrogens with zero attached hydrogens (tertiary/aromatic N) is 3. The smallest absolute Gasteiger partial charge is 0.328 e. The van der Waals surface area contributed by atoms with E-state index in [0.717, 1.165) is 17.5 Å². The highest BCUT2D eigenvalue weighted by Crippen LogP contribution is 2.26. The van der Waals surface area contributed by atoms with Crippen LogP contribution in [-0.2, 0) is 26.6 Å². The maximum absolute atomic E-state index is 12.6. The molecule has 1 atom stereocenters. The zero-order valence-electron chi connectivity index (χ0n) is 14.1. The number of oxime groups is 1. The molecule has 1 aromatic rings. The van der Waals surface area contributed by atoms with Gasteiger partial charge in [0.2, 0.25) is 0 Å². The van der Waals surface area contributed by atoms with Crippen LogP contribution in [0.1, 0.15) is 32.3 Å². The summed E-state index contributed by atoms with van der Waals surface area (Å²) in [7, 11) is -2.88. The van der Waals surface area contributed by atoms with Crippen LogP contribution in [0.25, 0.3) is 0 Å². The normalized spacial score (nSPS) is 17.3. The number of unbranched alkanes of at least 4 members (excludes halogenated alkanes) is 1. The molecule has 1 aliphatic heterocycles. The van der Waals surface area contributed by atoms with E-state index in [2.05, 4.69) is 15.6 Å². The number of carbonyl (C=O) groups excluding carboxylic acids is 1. The summed E-state index contributed by atoms with van der Waals surface area (Å²) in [4.78, 5) is 16.8. The minimum atomic E-state index is -4.27. The maximum atomic E-state index is 12.6. The first-order valence-corrected chi connectivity index (χ1v) is 9.52. The topological polar surface area (TPSA) is 124 Å². The minimum absolute atomic E-state index is 0.0652. The van der Waals surface area contributed by atoms with Gasteiger partial charge in [-0.05, 0) is 18.5 Å². The summed E-state index contributed by atoms with van der Waals surface area (Å²) in [6.07, 6.45) is 1.25. The Labute approximate surface area is 150 Å². The van der Waals surface area contributed by atoms with E-state index in [0.29, 0.717) is 6.54 Å². The van der Waals surface area contributed by atoms with Crippen molar-refractivity contribution in [3.63, 3.8) is 0 Å². The van der Waals surface area contributed by atoms with E-state index in [1.165, 1.54) is 7.05 Å². The fourth-order valence-corrected chi connectivity index (χ4v) is 3.70. The highest BCUT2D eigenvalue weighted by molar-refractivity contribution is 7.90. The molecule has 0 bridgehead atoms. The molecule has 1 aliphatic rings. The molecule has 0 saturated heterocycles. The molecular formula is C13H20ClN5O5S. The summed E-state index contributed by atoms with van der Waals surface area (Å²) >= 11 is 6.04. The Bertz CT molecular complexity index is 776. The second-order valence-electron chi connectivity index (χ2n) is 5.43. The van der Waals surface area contributed by atoms with Gasteiger partial charge in [-0.15, -0.1) is 0 Å². The van der Waals surface area contributed by atoms with E-state index in [1.807, 2.05) is 11.6 Å². The van der Waals surface area contributed by atoms with Gasteiger partial charge in [-0.3, -0.25) is 4.68 Å². The predicted octanol–water partition coefficient (Wildman–Crippen LogP) is 0.958. The van der Waals surface area contributed by atoms with Gasteiger partial charge < -0.3 is 14.9 Å². The summed E-state index contributed by atoms with van der Waals surface area (Å²) in [5.41, 5.74) is -0.0652. The second-order valence-corrected chi connectivity index (χ2v) is 7.39. The highest BCUT2D eigenvalue weighted by Gasteiger charge is 2.34. The Balaban J connectivity index is 2.32. The molecule has 2 heterocycles. The van der Waals surface area contributed by atoms with Crippen LogP contribution in [0.2, 0.25) is 5.15 Å². The first-order chi connectivity index (χ1) is 11.8. The SMILES string of the molecule is CCCCNC(=O)NS(=O)(=O)c1c(C2=NOCC(C)O2)c(Cl)nn1C. The van der Waals surface area contributed by atoms with E-state index in [9.17, 15) is 13.2 Å². The first-order valence-electron chi connectivity index (χ1n) is 7.66. The van der Waals surface area contributed by atoms with Gasteiger partial charge in [0.1, 0.15) is 11.7 Å². The van der Waals surface area contributed by atoms with Crippen molar-refractivity contribution in [1.82, 2.24) is 19.8 Å². The van der Waals surface area contributed by atoms with Crippen LogP contribution in [0, 0.1) is 0 Å². The van der Waals surface area contributed by atoms with Crippen molar-refractivity contribution < 1.29 is 22.8 Å². The number of aromatic nitrogens is 2. The number of hydrogen-bond acceptors (Lipinski definition) is 7. The zero-order chi connectivity index (χ0) is 18.6. The van der Waals surface area contributed by atoms with E-state index < -0.39 is 16.1 Å². The molecule has 2 amide bonds. The first kappa shape index (κ1) is 19.3. The predicted molar refractivity (Wildman–Crippen MR) is 89.9 cm³/mol. The number of amides is 2. The molecular weight excluding hydrogens is 374 g/mol. The van der Waals surface area contributed by atoms with Crippen LogP contribution in [0.3, 0.4) is 0 Å². The number of urea groups is 1. The van der Waals surface area contributed by atoms with Crippen LogP contribution in [0.5, 0.6) is 0 Å². The lowest BCUT2D eigenvalue weighted by molar-refractivity contribution is 0.0194. The lowest BCUT2D eigenvalue weighted by atomic mass is 10.3. The molecule has 0 spiro atoms. The molecule has 2 N–H and O–H groups in total. The summed E-state index contributed by atoms with van der Waals surface area (Å²) in [6, 6.07) is -0.840. The third kappa shape index (κ3) is 4.54. The van der Waals surface area contributed by atoms with Crippen molar-refractivity contribution >= 4 is 33.6 Å². The van der Waals surface area contributed by atoms with Crippen molar-refractivity contribution in [1.29, 1.82) is 0 Å². The quantitative estimate of drug-likeness (QED) is 0.693. The molecule has 0 aliphatic carbocycles. The standard InChI is InChI=1S/C13H20ClN5O5S/c1-4-5-6-15-13(20)18-25(21,22)12-9(10(14)16-19(12)3)11-17-23-7-8(2)24-11/h8H,4-7H2,1-3H3,(H2,15,18,20). The molecule has 25 heavy (non-hydrogen) atoms. The molecule has 0 radical (unpaired) electrons. The molecule has 10 nitrogen and oxygen atoms in total. The minimum Gasteiger partial charge on any atom is -0.468 e. The second kappa shape index (κ2) is 7.91. The molecule has 12 heteroatoms. The van der Waals surface area contributed by atoms with Crippen LogP contribution >= 0.6 is 11.6 Å². The molecule has 1 unspecified atom stereocenters. The number of halogens is 1. The van der Waals surface area contributed by atoms with E-state index in [-0.39, 0.29) is 34.4 Å². The van der Waals surface area contributed by atoms with E-state index in [1.54, 1.807) is 6.92 Å². The van der Waals surface area contributed by atoms with Gasteiger partial charge >= 0.3 is 6.03 Å². The Morgan fingerprint density at radius 2 is 2.20 bits per heavy atom. The van der Waals surface area contributed by atoms with Gasteiger partial charge in [0, 0.05) is 13.6 Å². The van der Waals surface area contributed by atoms with Crippen LogP contribution in [0.4, 0.5) is 4.79 Å². The van der Waals surface area contributed by atoms with Crippen molar-refractivity contribution in [3.8, 4) is 0 Å². The lowest BCUT2D eigenvalue weighted by Gasteiger charge is -2.20. The van der Waals surface area contributed by atoms with Gasteiger partial charge in [-0.1, -0.05) is 24.9 Å². The van der Waals surface area contributed by atoms with Gasteiger partial charge in [-0.2, -0.15) is 13.5 Å². The Kier molecular flexibility index (Phi) is 6.11. The molecule has 0 saturated carbocycles. The van der Waals surface area contributed by atoms with E-state index >= 15 is 0 Å². The molecule has 0 fully saturated rings. The number of ether oxygens (including phenoxy) is 1. The lowest BCUT2D eigenvalue weighted by Crippen LogP contribution is -2.41. The third-order valence-electron chi connectivity index (χ3n) is 3.23. The summed E-state index contributed by atoms with van der Waals surface area (Å²) in [5.74, 6) is -0.108. The Morgan fingerprint density at radius 1 is 1.48 bits per heavy atom. The average molecular weight is 394 g/mol. The van der Waals surface area contributed by atoms with E-state index in [4.69, 9.17) is 21.2 Å². The van der Waals surface area contributed by atoms with Crippen LogP contribution in [0.15, 0.2) is 10.2 Å². The number of carbonyl (C=O) groups is 1. The monoisotopic (exact) mass is 393 g/mol.